The minimum Gasteiger partial charge on any atom is -0.321 e. The lowest BCUT2D eigenvalue weighted by molar-refractivity contribution is 0.988. The molecule has 0 saturated heterocycles. The summed E-state index contributed by atoms with van der Waals surface area (Å²) >= 11 is 6.34. The summed E-state index contributed by atoms with van der Waals surface area (Å²) in [5.74, 6) is 1.67. The quantitative estimate of drug-likeness (QED) is 0.419. The van der Waals surface area contributed by atoms with Crippen molar-refractivity contribution in [1.82, 2.24) is 25.4 Å². The Morgan fingerprint density at radius 3 is 2.38 bits per heavy atom. The normalized spacial score (nSPS) is 10.9. The van der Waals surface area contributed by atoms with Gasteiger partial charge in [0.1, 0.15) is 5.69 Å². The number of para-hydroxylation sites is 1. The van der Waals surface area contributed by atoms with Crippen molar-refractivity contribution in [2.75, 3.05) is 5.32 Å². The molecule has 0 aliphatic carbocycles. The number of H-pyrrole nitrogens is 1. The van der Waals surface area contributed by atoms with Gasteiger partial charge in [-0.3, -0.25) is 5.10 Å². The summed E-state index contributed by atoms with van der Waals surface area (Å²) in [6.07, 6.45) is 0. The maximum absolute atomic E-state index is 6.34. The first-order valence-corrected chi connectivity index (χ1v) is 9.42. The first kappa shape index (κ1) is 17.3. The number of nitrogens with zero attached hydrogens (tertiary/aromatic N) is 4. The van der Waals surface area contributed by atoms with Crippen molar-refractivity contribution in [2.24, 2.45) is 0 Å². The van der Waals surface area contributed by atoms with Crippen LogP contribution in [-0.4, -0.2) is 25.4 Å². The van der Waals surface area contributed by atoms with Crippen molar-refractivity contribution >= 4 is 34.1 Å². The second kappa shape index (κ2) is 7.33. The summed E-state index contributed by atoms with van der Waals surface area (Å²) in [5, 5.41) is 21.1. The van der Waals surface area contributed by atoms with Gasteiger partial charge in [0, 0.05) is 16.5 Å². The average Bonchev–Trinajstić information content (AvgIpc) is 3.18. The SMILES string of the molecule is Clc1ccccc1-c1nnc(-c2ccccc2)c(Nc2n[nH]c3ccccc23)n1. The van der Waals surface area contributed by atoms with Gasteiger partial charge in [0.05, 0.1) is 10.5 Å². The number of fused-ring (bicyclic) bond motifs is 1. The average molecular weight is 399 g/mol. The number of rotatable bonds is 4. The van der Waals surface area contributed by atoms with E-state index in [0.717, 1.165) is 22.0 Å². The Labute approximate surface area is 171 Å². The standard InChI is InChI=1S/C22H15ClN6/c23-17-12-6-4-10-15(17)20-24-22(19(27-29-20)14-8-2-1-3-9-14)25-21-16-11-5-7-13-18(16)26-28-21/h1-13H,(H2,24,25,26,28,29). The Bertz CT molecular complexity index is 1300. The summed E-state index contributed by atoms with van der Waals surface area (Å²) in [7, 11) is 0. The number of halogens is 1. The minimum absolute atomic E-state index is 0.442. The summed E-state index contributed by atoms with van der Waals surface area (Å²) in [5.41, 5.74) is 3.19. The largest absolute Gasteiger partial charge is 0.321 e. The fourth-order valence-electron chi connectivity index (χ4n) is 3.13. The highest BCUT2D eigenvalue weighted by molar-refractivity contribution is 6.33. The minimum atomic E-state index is 0.442. The van der Waals surface area contributed by atoms with Gasteiger partial charge in [-0.25, -0.2) is 4.98 Å². The van der Waals surface area contributed by atoms with E-state index in [9.17, 15) is 0 Å². The Morgan fingerprint density at radius 2 is 1.52 bits per heavy atom. The predicted octanol–water partition coefficient (Wildman–Crippen LogP) is 5.48. The fraction of sp³-hybridized carbons (Fsp3) is 0. The molecule has 0 aliphatic heterocycles. The molecule has 2 N–H and O–H groups in total. The van der Waals surface area contributed by atoms with E-state index in [2.05, 4.69) is 25.7 Å². The van der Waals surface area contributed by atoms with Crippen LogP contribution >= 0.6 is 11.6 Å². The van der Waals surface area contributed by atoms with E-state index in [-0.39, 0.29) is 0 Å². The van der Waals surface area contributed by atoms with Crippen LogP contribution < -0.4 is 5.32 Å². The molecule has 140 valence electrons. The van der Waals surface area contributed by atoms with Gasteiger partial charge in [0.25, 0.3) is 0 Å². The zero-order valence-electron chi connectivity index (χ0n) is 15.2. The van der Waals surface area contributed by atoms with Crippen LogP contribution in [0.3, 0.4) is 0 Å². The van der Waals surface area contributed by atoms with Gasteiger partial charge in [-0.2, -0.15) is 5.10 Å². The third-order valence-electron chi connectivity index (χ3n) is 4.56. The van der Waals surface area contributed by atoms with Gasteiger partial charge in [0.2, 0.25) is 0 Å². The monoisotopic (exact) mass is 398 g/mol. The van der Waals surface area contributed by atoms with Crippen molar-refractivity contribution < 1.29 is 0 Å². The number of nitrogens with one attached hydrogen (secondary N) is 2. The zero-order chi connectivity index (χ0) is 19.6. The maximum Gasteiger partial charge on any atom is 0.185 e. The van der Waals surface area contributed by atoms with E-state index in [1.807, 2.05) is 72.8 Å². The summed E-state index contributed by atoms with van der Waals surface area (Å²) in [4.78, 5) is 4.74. The number of hydrogen-bond acceptors (Lipinski definition) is 5. The molecule has 0 saturated carbocycles. The van der Waals surface area contributed by atoms with Crippen molar-refractivity contribution in [2.45, 2.75) is 0 Å². The van der Waals surface area contributed by atoms with E-state index in [4.69, 9.17) is 16.6 Å². The third kappa shape index (κ3) is 3.30. The first-order chi connectivity index (χ1) is 14.3. The molecule has 3 aromatic carbocycles. The van der Waals surface area contributed by atoms with Gasteiger partial charge < -0.3 is 5.32 Å². The highest BCUT2D eigenvalue weighted by Crippen LogP contribution is 2.31. The van der Waals surface area contributed by atoms with E-state index in [1.54, 1.807) is 6.07 Å². The summed E-state index contributed by atoms with van der Waals surface area (Å²) in [6.45, 7) is 0. The maximum atomic E-state index is 6.34. The van der Waals surface area contributed by atoms with Crippen LogP contribution in [0.25, 0.3) is 33.5 Å². The molecule has 29 heavy (non-hydrogen) atoms. The molecule has 2 heterocycles. The number of aromatic amines is 1. The number of hydrogen-bond donors (Lipinski definition) is 2. The molecule has 0 aliphatic rings. The highest BCUT2D eigenvalue weighted by atomic mass is 35.5. The van der Waals surface area contributed by atoms with Gasteiger partial charge in [0.15, 0.2) is 17.5 Å². The fourth-order valence-corrected chi connectivity index (χ4v) is 3.35. The Balaban J connectivity index is 1.66. The molecule has 0 amide bonds. The van der Waals surface area contributed by atoms with Gasteiger partial charge in [-0.1, -0.05) is 66.2 Å². The molecule has 5 rings (SSSR count). The molecule has 5 aromatic rings. The molecule has 6 nitrogen and oxygen atoms in total. The van der Waals surface area contributed by atoms with Gasteiger partial charge >= 0.3 is 0 Å². The van der Waals surface area contributed by atoms with Crippen molar-refractivity contribution in [3.63, 3.8) is 0 Å². The van der Waals surface area contributed by atoms with Crippen LogP contribution in [0.4, 0.5) is 11.6 Å². The smallest absolute Gasteiger partial charge is 0.185 e. The Morgan fingerprint density at radius 1 is 0.759 bits per heavy atom. The Hall–Kier alpha value is -3.77. The van der Waals surface area contributed by atoms with Crippen molar-refractivity contribution in [1.29, 1.82) is 0 Å². The van der Waals surface area contributed by atoms with Crippen LogP contribution in [0.1, 0.15) is 0 Å². The Kier molecular flexibility index (Phi) is 4.38. The highest BCUT2D eigenvalue weighted by Gasteiger charge is 2.16. The zero-order valence-corrected chi connectivity index (χ0v) is 15.9. The van der Waals surface area contributed by atoms with Crippen LogP contribution in [0, 0.1) is 0 Å². The van der Waals surface area contributed by atoms with Crippen LogP contribution in [0.15, 0.2) is 78.9 Å². The van der Waals surface area contributed by atoms with E-state index in [0.29, 0.717) is 28.2 Å². The van der Waals surface area contributed by atoms with Crippen molar-refractivity contribution in [3.8, 4) is 22.6 Å². The second-order valence-corrected chi connectivity index (χ2v) is 6.83. The number of aromatic nitrogens is 5. The first-order valence-electron chi connectivity index (χ1n) is 9.05. The predicted molar refractivity (Wildman–Crippen MR) is 115 cm³/mol. The van der Waals surface area contributed by atoms with Crippen LogP contribution in [0.5, 0.6) is 0 Å². The summed E-state index contributed by atoms with van der Waals surface area (Å²) in [6, 6.07) is 25.1. The molecule has 0 fully saturated rings. The molecule has 0 spiro atoms. The topological polar surface area (TPSA) is 79.4 Å². The number of benzene rings is 3. The number of anilines is 2. The molecular formula is C22H15ClN6. The lowest BCUT2D eigenvalue weighted by atomic mass is 10.1. The van der Waals surface area contributed by atoms with Crippen LogP contribution in [-0.2, 0) is 0 Å². The van der Waals surface area contributed by atoms with Crippen LogP contribution in [0.2, 0.25) is 5.02 Å². The molecule has 0 radical (unpaired) electrons. The molecule has 0 unspecified atom stereocenters. The summed E-state index contributed by atoms with van der Waals surface area (Å²) < 4.78 is 0. The molecule has 7 heteroatoms. The lowest BCUT2D eigenvalue weighted by Gasteiger charge is -2.11. The molecule has 0 atom stereocenters. The van der Waals surface area contributed by atoms with E-state index < -0.39 is 0 Å². The van der Waals surface area contributed by atoms with E-state index >= 15 is 0 Å². The molecular weight excluding hydrogens is 384 g/mol. The van der Waals surface area contributed by atoms with Gasteiger partial charge in [-0.15, -0.1) is 10.2 Å². The molecule has 2 aromatic heterocycles. The lowest BCUT2D eigenvalue weighted by Crippen LogP contribution is -2.04. The van der Waals surface area contributed by atoms with E-state index in [1.165, 1.54) is 0 Å². The molecule has 0 bridgehead atoms. The van der Waals surface area contributed by atoms with Gasteiger partial charge in [-0.05, 0) is 24.3 Å². The third-order valence-corrected chi connectivity index (χ3v) is 4.89. The van der Waals surface area contributed by atoms with Crippen molar-refractivity contribution in [3.05, 3.63) is 83.9 Å². The second-order valence-electron chi connectivity index (χ2n) is 6.42.